The molecular formula is C9H4F4N2O. The van der Waals surface area contributed by atoms with Crippen LogP contribution in [0, 0.1) is 5.82 Å². The standard InChI is InChI=1S/C9H4F4N2O/c10-4-1-2-6-5(3-4)7(9(11,12)13)15-8(16)14-6/h1-3H,(H,14,15,16). The van der Waals surface area contributed by atoms with Gasteiger partial charge in [0.25, 0.3) is 0 Å². The van der Waals surface area contributed by atoms with Crippen LogP contribution in [0.5, 0.6) is 0 Å². The molecule has 0 aliphatic rings. The average molecular weight is 232 g/mol. The highest BCUT2D eigenvalue weighted by atomic mass is 19.4. The first kappa shape index (κ1) is 10.6. The van der Waals surface area contributed by atoms with Crippen molar-refractivity contribution in [2.45, 2.75) is 6.18 Å². The Morgan fingerprint density at radius 3 is 2.56 bits per heavy atom. The van der Waals surface area contributed by atoms with Crippen LogP contribution in [0.2, 0.25) is 0 Å². The summed E-state index contributed by atoms with van der Waals surface area (Å²) in [6.07, 6.45) is -4.76. The molecule has 7 heteroatoms. The molecule has 0 aliphatic heterocycles. The van der Waals surface area contributed by atoms with Crippen LogP contribution >= 0.6 is 0 Å². The molecule has 0 aliphatic carbocycles. The normalized spacial score (nSPS) is 12.0. The smallest absolute Gasteiger partial charge is 0.301 e. The number of hydrogen-bond acceptors (Lipinski definition) is 2. The number of H-pyrrole nitrogens is 1. The Morgan fingerprint density at radius 1 is 1.25 bits per heavy atom. The molecule has 1 aromatic heterocycles. The molecule has 1 aromatic carbocycles. The van der Waals surface area contributed by atoms with Gasteiger partial charge in [-0.05, 0) is 18.2 Å². The number of nitrogens with one attached hydrogen (secondary N) is 1. The minimum atomic E-state index is -4.76. The fourth-order valence-electron chi connectivity index (χ4n) is 1.34. The third kappa shape index (κ3) is 1.75. The van der Waals surface area contributed by atoms with Gasteiger partial charge < -0.3 is 4.98 Å². The lowest BCUT2D eigenvalue weighted by molar-refractivity contribution is -0.140. The van der Waals surface area contributed by atoms with Crippen LogP contribution in [0.1, 0.15) is 5.69 Å². The number of alkyl halides is 3. The van der Waals surface area contributed by atoms with E-state index < -0.39 is 28.8 Å². The maximum absolute atomic E-state index is 12.8. The van der Waals surface area contributed by atoms with Crippen molar-refractivity contribution in [1.82, 2.24) is 9.97 Å². The zero-order chi connectivity index (χ0) is 11.9. The number of fused-ring (bicyclic) bond motifs is 1. The third-order valence-corrected chi connectivity index (χ3v) is 1.97. The topological polar surface area (TPSA) is 45.8 Å². The van der Waals surface area contributed by atoms with Crippen LogP contribution in [0.15, 0.2) is 23.0 Å². The molecule has 1 N–H and O–H groups in total. The van der Waals surface area contributed by atoms with Gasteiger partial charge in [-0.25, -0.2) is 9.18 Å². The lowest BCUT2D eigenvalue weighted by atomic mass is 10.2. The maximum Gasteiger partial charge on any atom is 0.432 e. The fourth-order valence-corrected chi connectivity index (χ4v) is 1.34. The van der Waals surface area contributed by atoms with Gasteiger partial charge in [-0.15, -0.1) is 0 Å². The van der Waals surface area contributed by atoms with Crippen LogP contribution in [-0.2, 0) is 6.18 Å². The largest absolute Gasteiger partial charge is 0.432 e. The molecule has 0 fully saturated rings. The van der Waals surface area contributed by atoms with E-state index in [1.54, 1.807) is 4.98 Å². The van der Waals surface area contributed by atoms with Crippen LogP contribution < -0.4 is 5.69 Å². The van der Waals surface area contributed by atoms with Gasteiger partial charge in [0, 0.05) is 5.39 Å². The Morgan fingerprint density at radius 2 is 1.94 bits per heavy atom. The van der Waals surface area contributed by atoms with Gasteiger partial charge in [0.1, 0.15) is 11.5 Å². The van der Waals surface area contributed by atoms with Crippen molar-refractivity contribution < 1.29 is 17.6 Å². The minimum absolute atomic E-state index is 0.197. The van der Waals surface area contributed by atoms with Gasteiger partial charge in [-0.1, -0.05) is 0 Å². The molecular weight excluding hydrogens is 228 g/mol. The van der Waals surface area contributed by atoms with Gasteiger partial charge in [0.05, 0.1) is 5.52 Å². The summed E-state index contributed by atoms with van der Waals surface area (Å²) in [7, 11) is 0. The number of benzene rings is 1. The van der Waals surface area contributed by atoms with E-state index in [1.165, 1.54) is 0 Å². The van der Waals surface area contributed by atoms with Crippen molar-refractivity contribution in [1.29, 1.82) is 0 Å². The predicted molar refractivity (Wildman–Crippen MR) is 47.3 cm³/mol. The predicted octanol–water partition coefficient (Wildman–Crippen LogP) is 2.08. The van der Waals surface area contributed by atoms with Crippen molar-refractivity contribution in [3.8, 4) is 0 Å². The summed E-state index contributed by atoms with van der Waals surface area (Å²) in [5, 5.41) is -0.466. The quantitative estimate of drug-likeness (QED) is 0.707. The summed E-state index contributed by atoms with van der Waals surface area (Å²) < 4.78 is 50.3. The van der Waals surface area contributed by atoms with Crippen molar-refractivity contribution in [2.75, 3.05) is 0 Å². The Hall–Kier alpha value is -1.92. The van der Waals surface area contributed by atoms with Crippen LogP contribution in [0.3, 0.4) is 0 Å². The van der Waals surface area contributed by atoms with E-state index in [2.05, 4.69) is 4.98 Å². The molecule has 84 valence electrons. The number of rotatable bonds is 0. The van der Waals surface area contributed by atoms with Crippen molar-refractivity contribution in [3.05, 3.63) is 40.2 Å². The average Bonchev–Trinajstić information content (AvgIpc) is 2.16. The van der Waals surface area contributed by atoms with Crippen molar-refractivity contribution in [2.24, 2.45) is 0 Å². The molecule has 0 unspecified atom stereocenters. The second kappa shape index (κ2) is 3.29. The molecule has 0 spiro atoms. The van der Waals surface area contributed by atoms with Gasteiger partial charge >= 0.3 is 11.9 Å². The molecule has 0 amide bonds. The summed E-state index contributed by atoms with van der Waals surface area (Å²) >= 11 is 0. The van der Waals surface area contributed by atoms with Gasteiger partial charge in [0.15, 0.2) is 0 Å². The highest BCUT2D eigenvalue weighted by molar-refractivity contribution is 5.81. The van der Waals surface area contributed by atoms with E-state index in [9.17, 15) is 22.4 Å². The van der Waals surface area contributed by atoms with E-state index in [1.807, 2.05) is 0 Å². The summed E-state index contributed by atoms with van der Waals surface area (Å²) in [4.78, 5) is 15.7. The lowest BCUT2D eigenvalue weighted by Crippen LogP contribution is -2.19. The zero-order valence-electron chi connectivity index (χ0n) is 7.60. The van der Waals surface area contributed by atoms with Crippen LogP contribution in [0.25, 0.3) is 10.9 Å². The molecule has 0 radical (unpaired) electrons. The molecule has 2 aromatic rings. The molecule has 2 rings (SSSR count). The number of halogens is 4. The van der Waals surface area contributed by atoms with E-state index >= 15 is 0 Å². The van der Waals surface area contributed by atoms with Crippen LogP contribution in [-0.4, -0.2) is 9.97 Å². The van der Waals surface area contributed by atoms with Gasteiger partial charge in [0.2, 0.25) is 0 Å². The SMILES string of the molecule is O=c1nc2ccc(F)cc2c(C(F)(F)F)[nH]1. The third-order valence-electron chi connectivity index (χ3n) is 1.97. The van der Waals surface area contributed by atoms with Gasteiger partial charge in [-0.3, -0.25) is 0 Å². The second-order valence-corrected chi connectivity index (χ2v) is 3.08. The summed E-state index contributed by atoms with van der Waals surface area (Å²) in [6, 6.07) is 2.64. The number of hydrogen-bond donors (Lipinski definition) is 1. The summed E-state index contributed by atoms with van der Waals surface area (Å²) in [6.45, 7) is 0. The number of aromatic amines is 1. The minimum Gasteiger partial charge on any atom is -0.301 e. The van der Waals surface area contributed by atoms with Crippen molar-refractivity contribution >= 4 is 10.9 Å². The maximum atomic E-state index is 12.8. The first-order chi connectivity index (χ1) is 7.38. The molecule has 1 heterocycles. The highest BCUT2D eigenvalue weighted by Gasteiger charge is 2.34. The summed E-state index contributed by atoms with van der Waals surface area (Å²) in [5.41, 5.74) is -2.61. The van der Waals surface area contributed by atoms with E-state index in [0.717, 1.165) is 12.1 Å². The number of nitrogens with zero attached hydrogens (tertiary/aromatic N) is 1. The summed E-state index contributed by atoms with van der Waals surface area (Å²) in [5.74, 6) is -0.827. The van der Waals surface area contributed by atoms with E-state index in [-0.39, 0.29) is 5.52 Å². The fraction of sp³-hybridized carbons (Fsp3) is 0.111. The van der Waals surface area contributed by atoms with E-state index in [0.29, 0.717) is 6.07 Å². The Labute approximate surface area is 85.7 Å². The van der Waals surface area contributed by atoms with Gasteiger partial charge in [-0.2, -0.15) is 18.2 Å². The number of aromatic nitrogens is 2. The second-order valence-electron chi connectivity index (χ2n) is 3.08. The lowest BCUT2D eigenvalue weighted by Gasteiger charge is -2.08. The van der Waals surface area contributed by atoms with Crippen LogP contribution in [0.4, 0.5) is 17.6 Å². The first-order valence-corrected chi connectivity index (χ1v) is 4.15. The molecule has 0 saturated carbocycles. The molecule has 16 heavy (non-hydrogen) atoms. The first-order valence-electron chi connectivity index (χ1n) is 4.15. The molecule has 3 nitrogen and oxygen atoms in total. The van der Waals surface area contributed by atoms with Crippen molar-refractivity contribution in [3.63, 3.8) is 0 Å². The molecule has 0 saturated heterocycles. The zero-order valence-corrected chi connectivity index (χ0v) is 7.60. The monoisotopic (exact) mass is 232 g/mol. The molecule has 0 bridgehead atoms. The van der Waals surface area contributed by atoms with E-state index in [4.69, 9.17) is 0 Å². The molecule has 0 atom stereocenters. The Balaban J connectivity index is 2.91. The Bertz CT molecular complexity index is 602. The highest BCUT2D eigenvalue weighted by Crippen LogP contribution is 2.31. The Kier molecular flexibility index (Phi) is 2.18.